The van der Waals surface area contributed by atoms with Crippen LogP contribution in [0.4, 0.5) is 13.2 Å². The molecule has 10 heteroatoms. The van der Waals surface area contributed by atoms with Gasteiger partial charge in [-0.3, -0.25) is 9.59 Å². The fourth-order valence-corrected chi connectivity index (χ4v) is 3.54. The minimum Gasteiger partial charge on any atom is -0.351 e. The van der Waals surface area contributed by atoms with Gasteiger partial charge < -0.3 is 10.3 Å². The highest BCUT2D eigenvalue weighted by molar-refractivity contribution is 7.99. The predicted octanol–water partition coefficient (Wildman–Crippen LogP) is 3.41. The highest BCUT2D eigenvalue weighted by Gasteiger charge is 2.29. The molecule has 0 atom stereocenters. The number of nitrogens with one attached hydrogen (secondary N) is 2. The number of halogens is 3. The molecule has 1 amide bonds. The fourth-order valence-electron chi connectivity index (χ4n) is 2.12. The molecule has 0 saturated heterocycles. The standard InChI is InChI=1S/C16H12F3N3O2S2/c17-16(18,19)10-3-1-9(2-4-10)7-20-12(23)8-26-15-21-11-5-6-25-13(11)14(24)22-15/h1-6H,7-8H2,(H,20,23)(H,21,22,24). The zero-order valence-corrected chi connectivity index (χ0v) is 14.7. The maximum Gasteiger partial charge on any atom is 0.416 e. The van der Waals surface area contributed by atoms with Crippen molar-refractivity contribution in [3.8, 4) is 0 Å². The Morgan fingerprint density at radius 2 is 1.96 bits per heavy atom. The number of aromatic nitrogens is 2. The van der Waals surface area contributed by atoms with Crippen LogP contribution in [0, 0.1) is 0 Å². The summed E-state index contributed by atoms with van der Waals surface area (Å²) in [6.07, 6.45) is -4.38. The SMILES string of the molecule is O=C(CSc1nc2ccsc2c(=O)[nH]1)NCc1ccc(C(F)(F)F)cc1. The van der Waals surface area contributed by atoms with Gasteiger partial charge in [-0.05, 0) is 29.1 Å². The monoisotopic (exact) mass is 399 g/mol. The number of fused-ring (bicyclic) bond motifs is 1. The molecular formula is C16H12F3N3O2S2. The van der Waals surface area contributed by atoms with Crippen molar-refractivity contribution in [3.63, 3.8) is 0 Å². The van der Waals surface area contributed by atoms with Crippen molar-refractivity contribution >= 4 is 39.2 Å². The number of carbonyl (C=O) groups excluding carboxylic acids is 1. The Bertz CT molecular complexity index is 981. The van der Waals surface area contributed by atoms with Gasteiger partial charge in [-0.2, -0.15) is 13.2 Å². The van der Waals surface area contributed by atoms with E-state index >= 15 is 0 Å². The van der Waals surface area contributed by atoms with E-state index in [1.807, 2.05) is 0 Å². The highest BCUT2D eigenvalue weighted by atomic mass is 32.2. The third-order valence-electron chi connectivity index (χ3n) is 3.40. The molecule has 1 aromatic carbocycles. The van der Waals surface area contributed by atoms with Crippen LogP contribution in [0.5, 0.6) is 0 Å². The minimum absolute atomic E-state index is 0.0270. The summed E-state index contributed by atoms with van der Waals surface area (Å²) in [5.74, 6) is -0.290. The molecule has 0 aliphatic heterocycles. The number of carbonyl (C=O) groups is 1. The fraction of sp³-hybridized carbons (Fsp3) is 0.188. The largest absolute Gasteiger partial charge is 0.416 e. The Hall–Kier alpha value is -2.33. The van der Waals surface area contributed by atoms with Gasteiger partial charge in [-0.15, -0.1) is 11.3 Å². The van der Waals surface area contributed by atoms with Gasteiger partial charge in [0.1, 0.15) is 4.70 Å². The number of aromatic amines is 1. The van der Waals surface area contributed by atoms with E-state index in [-0.39, 0.29) is 23.8 Å². The first-order valence-corrected chi connectivity index (χ1v) is 9.22. The molecule has 0 unspecified atom stereocenters. The van der Waals surface area contributed by atoms with Gasteiger partial charge in [0.05, 0.1) is 16.8 Å². The van der Waals surface area contributed by atoms with Crippen molar-refractivity contribution in [2.45, 2.75) is 17.9 Å². The number of H-pyrrole nitrogens is 1. The van der Waals surface area contributed by atoms with Crippen molar-refractivity contribution in [2.75, 3.05) is 5.75 Å². The summed E-state index contributed by atoms with van der Waals surface area (Å²) in [4.78, 5) is 30.6. The van der Waals surface area contributed by atoms with E-state index in [1.165, 1.54) is 23.5 Å². The van der Waals surface area contributed by atoms with Crippen molar-refractivity contribution in [1.82, 2.24) is 15.3 Å². The second kappa shape index (κ2) is 7.50. The van der Waals surface area contributed by atoms with E-state index in [4.69, 9.17) is 0 Å². The molecule has 0 bridgehead atoms. The number of nitrogens with zero attached hydrogens (tertiary/aromatic N) is 1. The van der Waals surface area contributed by atoms with Crippen LogP contribution in [-0.4, -0.2) is 21.6 Å². The van der Waals surface area contributed by atoms with Crippen LogP contribution in [-0.2, 0) is 17.5 Å². The van der Waals surface area contributed by atoms with Crippen molar-refractivity contribution < 1.29 is 18.0 Å². The minimum atomic E-state index is -4.38. The molecule has 2 aromatic heterocycles. The molecular weight excluding hydrogens is 387 g/mol. The zero-order chi connectivity index (χ0) is 18.7. The third-order valence-corrected chi connectivity index (χ3v) is 5.18. The first kappa shape index (κ1) is 18.5. The topological polar surface area (TPSA) is 74.8 Å². The van der Waals surface area contributed by atoms with E-state index in [0.29, 0.717) is 20.9 Å². The van der Waals surface area contributed by atoms with E-state index in [9.17, 15) is 22.8 Å². The first-order chi connectivity index (χ1) is 12.3. The van der Waals surface area contributed by atoms with Crippen LogP contribution in [0.25, 0.3) is 10.2 Å². The van der Waals surface area contributed by atoms with Gasteiger partial charge in [0, 0.05) is 6.54 Å². The number of hydrogen-bond donors (Lipinski definition) is 2. The quantitative estimate of drug-likeness (QED) is 0.509. The smallest absolute Gasteiger partial charge is 0.351 e. The Morgan fingerprint density at radius 3 is 2.65 bits per heavy atom. The molecule has 5 nitrogen and oxygen atoms in total. The molecule has 0 fully saturated rings. The van der Waals surface area contributed by atoms with Gasteiger partial charge in [0.2, 0.25) is 5.91 Å². The van der Waals surface area contributed by atoms with Crippen LogP contribution in [0.3, 0.4) is 0 Å². The Morgan fingerprint density at radius 1 is 1.23 bits per heavy atom. The third kappa shape index (κ3) is 4.44. The van der Waals surface area contributed by atoms with Crippen LogP contribution in [0.1, 0.15) is 11.1 Å². The summed E-state index contributed by atoms with van der Waals surface area (Å²) in [6, 6.07) is 6.31. The highest BCUT2D eigenvalue weighted by Crippen LogP contribution is 2.29. The molecule has 3 aromatic rings. The maximum absolute atomic E-state index is 12.5. The normalized spacial score (nSPS) is 11.7. The molecule has 0 radical (unpaired) electrons. The van der Waals surface area contributed by atoms with Crippen LogP contribution in [0.15, 0.2) is 45.7 Å². The summed E-state index contributed by atoms with van der Waals surface area (Å²) in [5, 5.41) is 4.72. The maximum atomic E-state index is 12.5. The summed E-state index contributed by atoms with van der Waals surface area (Å²) in [5.41, 5.74) is 0.147. The van der Waals surface area contributed by atoms with E-state index in [1.54, 1.807) is 11.4 Å². The second-order valence-electron chi connectivity index (χ2n) is 5.27. The van der Waals surface area contributed by atoms with Gasteiger partial charge in [0.25, 0.3) is 5.56 Å². The first-order valence-electron chi connectivity index (χ1n) is 7.36. The predicted molar refractivity (Wildman–Crippen MR) is 94.3 cm³/mol. The number of rotatable bonds is 5. The molecule has 3 rings (SSSR count). The summed E-state index contributed by atoms with van der Waals surface area (Å²) in [6.45, 7) is 0.116. The molecule has 0 spiro atoms. The molecule has 0 aliphatic rings. The zero-order valence-electron chi connectivity index (χ0n) is 13.1. The average Bonchev–Trinajstić information content (AvgIpc) is 3.07. The van der Waals surface area contributed by atoms with Crippen LogP contribution < -0.4 is 10.9 Å². The van der Waals surface area contributed by atoms with Gasteiger partial charge in [-0.25, -0.2) is 4.98 Å². The molecule has 136 valence electrons. The number of amides is 1. The summed E-state index contributed by atoms with van der Waals surface area (Å²) >= 11 is 2.37. The van der Waals surface area contributed by atoms with Crippen LogP contribution >= 0.6 is 23.1 Å². The van der Waals surface area contributed by atoms with Crippen molar-refractivity contribution in [2.24, 2.45) is 0 Å². The summed E-state index contributed by atoms with van der Waals surface area (Å²) in [7, 11) is 0. The molecule has 2 heterocycles. The lowest BCUT2D eigenvalue weighted by atomic mass is 10.1. The number of hydrogen-bond acceptors (Lipinski definition) is 5. The lowest BCUT2D eigenvalue weighted by Crippen LogP contribution is -2.24. The lowest BCUT2D eigenvalue weighted by Gasteiger charge is -2.08. The van der Waals surface area contributed by atoms with E-state index in [2.05, 4.69) is 15.3 Å². The molecule has 0 aliphatic carbocycles. The van der Waals surface area contributed by atoms with E-state index in [0.717, 1.165) is 23.9 Å². The van der Waals surface area contributed by atoms with Crippen molar-refractivity contribution in [3.05, 3.63) is 57.2 Å². The molecule has 26 heavy (non-hydrogen) atoms. The number of benzene rings is 1. The average molecular weight is 399 g/mol. The number of thiophene rings is 1. The summed E-state index contributed by atoms with van der Waals surface area (Å²) < 4.78 is 38.0. The van der Waals surface area contributed by atoms with Crippen LogP contribution in [0.2, 0.25) is 0 Å². The second-order valence-corrected chi connectivity index (χ2v) is 7.15. The Kier molecular flexibility index (Phi) is 5.33. The molecule has 2 N–H and O–H groups in total. The van der Waals surface area contributed by atoms with E-state index < -0.39 is 11.7 Å². The van der Waals surface area contributed by atoms with Gasteiger partial charge in [0.15, 0.2) is 5.16 Å². The Balaban J connectivity index is 1.53. The number of alkyl halides is 3. The van der Waals surface area contributed by atoms with Crippen molar-refractivity contribution in [1.29, 1.82) is 0 Å². The molecule has 0 saturated carbocycles. The van der Waals surface area contributed by atoms with Gasteiger partial charge >= 0.3 is 6.18 Å². The number of thioether (sulfide) groups is 1. The van der Waals surface area contributed by atoms with Gasteiger partial charge in [-0.1, -0.05) is 23.9 Å². The lowest BCUT2D eigenvalue weighted by molar-refractivity contribution is -0.137. The Labute approximate surface area is 153 Å².